The minimum atomic E-state index is -3.24. The predicted octanol–water partition coefficient (Wildman–Crippen LogP) is 7.45. The largest absolute Gasteiger partial charge is 0.432 e. The summed E-state index contributed by atoms with van der Waals surface area (Å²) in [4.78, 5) is 11.2. The number of carbonyl (C=O) groups is 1. The number of rotatable bonds is 4. The lowest BCUT2D eigenvalue weighted by Gasteiger charge is -2.29. The zero-order valence-electron chi connectivity index (χ0n) is 17.6. The van der Waals surface area contributed by atoms with Crippen molar-refractivity contribution in [3.63, 3.8) is 0 Å². The second kappa shape index (κ2) is 11.6. The molecule has 0 atom stereocenters. The van der Waals surface area contributed by atoms with E-state index in [2.05, 4.69) is 0 Å². The molecule has 2 aromatic rings. The topological polar surface area (TPSA) is 26.3 Å². The third-order valence-electron chi connectivity index (χ3n) is 4.51. The van der Waals surface area contributed by atoms with E-state index in [0.29, 0.717) is 0 Å². The first kappa shape index (κ1) is 23.8. The van der Waals surface area contributed by atoms with Crippen LogP contribution in [0, 0.1) is 12.8 Å². The number of hydrogen-bond donors (Lipinski definition) is 0. The first-order valence-corrected chi connectivity index (χ1v) is 10.2. The lowest BCUT2D eigenvalue weighted by Crippen LogP contribution is -2.37. The molecular formula is C24H32F2O2. The maximum absolute atomic E-state index is 14.3. The van der Waals surface area contributed by atoms with E-state index in [1.54, 1.807) is 24.3 Å². The summed E-state index contributed by atoms with van der Waals surface area (Å²) in [6, 6.07) is 14.7. The second-order valence-corrected chi connectivity index (χ2v) is 6.37. The van der Waals surface area contributed by atoms with E-state index in [-0.39, 0.29) is 37.2 Å². The van der Waals surface area contributed by atoms with E-state index in [1.807, 2.05) is 58.9 Å². The average Bonchev–Trinajstić information content (AvgIpc) is 2.72. The van der Waals surface area contributed by atoms with Crippen molar-refractivity contribution in [2.45, 2.75) is 66.4 Å². The highest BCUT2D eigenvalue weighted by molar-refractivity contribution is 5.79. The molecule has 1 fully saturated rings. The van der Waals surface area contributed by atoms with Crippen molar-refractivity contribution in [3.05, 3.63) is 54.1 Å². The maximum atomic E-state index is 14.3. The quantitative estimate of drug-likeness (QED) is 0.542. The molecule has 0 radical (unpaired) electrons. The van der Waals surface area contributed by atoms with Gasteiger partial charge in [-0.15, -0.1) is 0 Å². The number of ketones is 1. The molecule has 3 rings (SSSR count). The fourth-order valence-electron chi connectivity index (χ4n) is 2.98. The van der Waals surface area contributed by atoms with Crippen LogP contribution in [0.25, 0.3) is 11.1 Å². The first-order valence-electron chi connectivity index (χ1n) is 10.2. The van der Waals surface area contributed by atoms with Crippen LogP contribution in [0.4, 0.5) is 8.78 Å². The molecule has 2 nitrogen and oxygen atoms in total. The Morgan fingerprint density at radius 1 is 0.821 bits per heavy atom. The van der Waals surface area contributed by atoms with Gasteiger partial charge >= 0.3 is 6.11 Å². The Hall–Kier alpha value is -2.23. The minimum Gasteiger partial charge on any atom is -0.432 e. The molecule has 0 heterocycles. The van der Waals surface area contributed by atoms with Gasteiger partial charge in [-0.3, -0.25) is 4.79 Å². The molecule has 28 heavy (non-hydrogen) atoms. The zero-order chi connectivity index (χ0) is 21.2. The Kier molecular flexibility index (Phi) is 9.84. The summed E-state index contributed by atoms with van der Waals surface area (Å²) < 4.78 is 33.5. The molecule has 0 bridgehead atoms. The predicted molar refractivity (Wildman–Crippen MR) is 112 cm³/mol. The Labute approximate surface area is 167 Å². The van der Waals surface area contributed by atoms with Crippen molar-refractivity contribution in [3.8, 4) is 16.9 Å². The van der Waals surface area contributed by atoms with Crippen molar-refractivity contribution in [1.29, 1.82) is 0 Å². The summed E-state index contributed by atoms with van der Waals surface area (Å²) in [5.41, 5.74) is 3.16. The SMILES string of the molecule is CC.CC.Cc1ccc(-c2ccc(OC(F)(F)C3CCC(=O)CC3)cc2)cc1. The van der Waals surface area contributed by atoms with Crippen LogP contribution < -0.4 is 4.74 Å². The number of ether oxygens (including phenoxy) is 1. The molecule has 0 aromatic heterocycles. The van der Waals surface area contributed by atoms with E-state index in [9.17, 15) is 13.6 Å². The summed E-state index contributed by atoms with van der Waals surface area (Å²) in [5.74, 6) is -0.691. The molecule has 0 saturated heterocycles. The monoisotopic (exact) mass is 390 g/mol. The van der Waals surface area contributed by atoms with Crippen LogP contribution in [0.15, 0.2) is 48.5 Å². The van der Waals surface area contributed by atoms with Crippen LogP contribution in [0.1, 0.15) is 58.9 Å². The number of hydrogen-bond acceptors (Lipinski definition) is 2. The summed E-state index contributed by atoms with van der Waals surface area (Å²) in [6.45, 7) is 10.0. The summed E-state index contributed by atoms with van der Waals surface area (Å²) in [7, 11) is 0. The van der Waals surface area contributed by atoms with Gasteiger partial charge in [0.15, 0.2) is 0 Å². The summed E-state index contributed by atoms with van der Waals surface area (Å²) in [6.07, 6.45) is -2.43. The molecule has 1 saturated carbocycles. The molecule has 1 aliphatic rings. The van der Waals surface area contributed by atoms with Gasteiger partial charge in [0.05, 0.1) is 5.92 Å². The second-order valence-electron chi connectivity index (χ2n) is 6.37. The molecule has 0 unspecified atom stereocenters. The number of aryl methyl sites for hydroxylation is 1. The normalized spacial score (nSPS) is 14.3. The highest BCUT2D eigenvalue weighted by Crippen LogP contribution is 2.37. The number of benzene rings is 2. The number of Topliss-reactive ketones (excluding diaryl/α,β-unsaturated/α-hetero) is 1. The van der Waals surface area contributed by atoms with Gasteiger partial charge in [0.25, 0.3) is 0 Å². The fraction of sp³-hybridized carbons (Fsp3) is 0.458. The van der Waals surface area contributed by atoms with Gasteiger partial charge in [0.2, 0.25) is 0 Å². The van der Waals surface area contributed by atoms with E-state index >= 15 is 0 Å². The third-order valence-corrected chi connectivity index (χ3v) is 4.51. The Balaban J connectivity index is 0.000000921. The van der Waals surface area contributed by atoms with E-state index in [0.717, 1.165) is 11.1 Å². The number of halogens is 2. The van der Waals surface area contributed by atoms with Gasteiger partial charge in [-0.1, -0.05) is 69.7 Å². The van der Waals surface area contributed by atoms with Gasteiger partial charge in [-0.05, 0) is 43.0 Å². The van der Waals surface area contributed by atoms with Crippen molar-refractivity contribution < 1.29 is 18.3 Å². The van der Waals surface area contributed by atoms with Crippen molar-refractivity contribution >= 4 is 5.78 Å². The highest BCUT2D eigenvalue weighted by atomic mass is 19.3. The van der Waals surface area contributed by atoms with Crippen LogP contribution in [0.2, 0.25) is 0 Å². The maximum Gasteiger partial charge on any atom is 0.400 e. The Bertz CT molecular complexity index is 696. The van der Waals surface area contributed by atoms with Crippen molar-refractivity contribution in [1.82, 2.24) is 0 Å². The van der Waals surface area contributed by atoms with Crippen LogP contribution in [0.5, 0.6) is 5.75 Å². The standard InChI is InChI=1S/C20H20F2O2.2C2H6/c1-14-2-4-15(5-3-14)16-6-12-19(13-7-16)24-20(21,22)17-8-10-18(23)11-9-17;2*1-2/h2-7,12-13,17H,8-11H2,1H3;2*1-2H3. The van der Waals surface area contributed by atoms with Crippen LogP contribution in [-0.4, -0.2) is 11.9 Å². The molecule has 0 aliphatic heterocycles. The third kappa shape index (κ3) is 6.74. The first-order chi connectivity index (χ1) is 13.4. The zero-order valence-corrected chi connectivity index (χ0v) is 17.6. The molecule has 0 amide bonds. The smallest absolute Gasteiger partial charge is 0.400 e. The molecule has 2 aromatic carbocycles. The van der Waals surface area contributed by atoms with Crippen LogP contribution in [-0.2, 0) is 4.79 Å². The molecule has 1 aliphatic carbocycles. The lowest BCUT2D eigenvalue weighted by atomic mass is 9.87. The highest BCUT2D eigenvalue weighted by Gasteiger charge is 2.43. The fourth-order valence-corrected chi connectivity index (χ4v) is 2.98. The van der Waals surface area contributed by atoms with Crippen molar-refractivity contribution in [2.75, 3.05) is 0 Å². The number of carbonyl (C=O) groups excluding carboxylic acids is 1. The molecular weight excluding hydrogens is 358 g/mol. The summed E-state index contributed by atoms with van der Waals surface area (Å²) >= 11 is 0. The van der Waals surface area contributed by atoms with Gasteiger partial charge in [0, 0.05) is 12.8 Å². The average molecular weight is 391 g/mol. The molecule has 0 N–H and O–H groups in total. The molecule has 154 valence electrons. The van der Waals surface area contributed by atoms with Gasteiger partial charge in [0.1, 0.15) is 11.5 Å². The molecule has 0 spiro atoms. The minimum absolute atomic E-state index is 0.0597. The van der Waals surface area contributed by atoms with Crippen LogP contribution >= 0.6 is 0 Å². The molecule has 4 heteroatoms. The lowest BCUT2D eigenvalue weighted by molar-refractivity contribution is -0.221. The van der Waals surface area contributed by atoms with E-state index in [4.69, 9.17) is 4.74 Å². The number of alkyl halides is 2. The van der Waals surface area contributed by atoms with E-state index in [1.165, 1.54) is 5.56 Å². The van der Waals surface area contributed by atoms with Crippen molar-refractivity contribution in [2.24, 2.45) is 5.92 Å². The Morgan fingerprint density at radius 2 is 1.25 bits per heavy atom. The summed E-state index contributed by atoms with van der Waals surface area (Å²) in [5, 5.41) is 0. The van der Waals surface area contributed by atoms with Gasteiger partial charge in [-0.2, -0.15) is 8.78 Å². The Morgan fingerprint density at radius 3 is 1.71 bits per heavy atom. The van der Waals surface area contributed by atoms with Gasteiger partial charge in [-0.25, -0.2) is 0 Å². The van der Waals surface area contributed by atoms with Gasteiger partial charge < -0.3 is 4.74 Å². The van der Waals surface area contributed by atoms with Crippen LogP contribution in [0.3, 0.4) is 0 Å². The van der Waals surface area contributed by atoms with E-state index < -0.39 is 12.0 Å².